The van der Waals surface area contributed by atoms with E-state index < -0.39 is 0 Å². The third-order valence-electron chi connectivity index (χ3n) is 2.93. The van der Waals surface area contributed by atoms with Crippen molar-refractivity contribution in [2.24, 2.45) is 12.8 Å². The highest BCUT2D eigenvalue weighted by molar-refractivity contribution is 5.35. The van der Waals surface area contributed by atoms with Crippen LogP contribution in [0.1, 0.15) is 28.6 Å². The maximum absolute atomic E-state index is 13.3. The van der Waals surface area contributed by atoms with Gasteiger partial charge in [0, 0.05) is 7.05 Å². The van der Waals surface area contributed by atoms with Gasteiger partial charge in [-0.25, -0.2) is 4.39 Å². The summed E-state index contributed by atoms with van der Waals surface area (Å²) < 4.78 is 15.0. The normalized spacial score (nSPS) is 12.8. The summed E-state index contributed by atoms with van der Waals surface area (Å²) in [6, 6.07) is 6.25. The fraction of sp³-hybridized carbons (Fsp3) is 0.308. The predicted octanol–water partition coefficient (Wildman–Crippen LogP) is 2.22. The number of halogens is 1. The number of aryl methyl sites for hydroxylation is 3. The monoisotopic (exact) mass is 233 g/mol. The van der Waals surface area contributed by atoms with Crippen LogP contribution in [-0.4, -0.2) is 9.78 Å². The number of nitrogens with zero attached hydrogens (tertiary/aromatic N) is 2. The quantitative estimate of drug-likeness (QED) is 0.864. The van der Waals surface area contributed by atoms with Crippen LogP contribution >= 0.6 is 0 Å². The molecule has 0 aliphatic heterocycles. The van der Waals surface area contributed by atoms with Crippen molar-refractivity contribution in [3.63, 3.8) is 0 Å². The van der Waals surface area contributed by atoms with Crippen molar-refractivity contribution in [1.82, 2.24) is 9.78 Å². The summed E-state index contributed by atoms with van der Waals surface area (Å²) in [7, 11) is 1.84. The molecule has 1 atom stereocenters. The second kappa shape index (κ2) is 4.30. The minimum Gasteiger partial charge on any atom is -0.319 e. The Morgan fingerprint density at radius 2 is 2.00 bits per heavy atom. The Hall–Kier alpha value is -1.68. The molecule has 2 rings (SSSR count). The molecule has 1 heterocycles. The molecule has 3 nitrogen and oxygen atoms in total. The highest BCUT2D eigenvalue weighted by Gasteiger charge is 2.16. The van der Waals surface area contributed by atoms with Gasteiger partial charge in [0.1, 0.15) is 5.82 Å². The molecular formula is C13H16FN3. The molecule has 0 aliphatic carbocycles. The zero-order chi connectivity index (χ0) is 12.6. The van der Waals surface area contributed by atoms with Gasteiger partial charge in [-0.2, -0.15) is 5.10 Å². The van der Waals surface area contributed by atoms with Crippen molar-refractivity contribution in [1.29, 1.82) is 0 Å². The van der Waals surface area contributed by atoms with Gasteiger partial charge >= 0.3 is 0 Å². The minimum atomic E-state index is -0.350. The largest absolute Gasteiger partial charge is 0.319 e. The fourth-order valence-electron chi connectivity index (χ4n) is 2.03. The van der Waals surface area contributed by atoms with Crippen LogP contribution in [0.3, 0.4) is 0 Å². The first kappa shape index (κ1) is 11.8. The van der Waals surface area contributed by atoms with Gasteiger partial charge in [0.2, 0.25) is 0 Å². The molecule has 1 aromatic carbocycles. The van der Waals surface area contributed by atoms with E-state index in [0.717, 1.165) is 22.5 Å². The second-order valence-corrected chi connectivity index (χ2v) is 4.31. The molecule has 17 heavy (non-hydrogen) atoms. The van der Waals surface area contributed by atoms with Gasteiger partial charge < -0.3 is 5.73 Å². The molecule has 4 heteroatoms. The minimum absolute atomic E-state index is 0.264. The van der Waals surface area contributed by atoms with E-state index in [1.54, 1.807) is 10.7 Å². The number of hydrogen-bond donors (Lipinski definition) is 1. The van der Waals surface area contributed by atoms with Crippen molar-refractivity contribution >= 4 is 0 Å². The molecule has 0 saturated carbocycles. The Bertz CT molecular complexity index is 546. The Kier molecular flexibility index (Phi) is 2.98. The van der Waals surface area contributed by atoms with Gasteiger partial charge in [0.05, 0.1) is 17.4 Å². The van der Waals surface area contributed by atoms with Gasteiger partial charge in [-0.05, 0) is 43.2 Å². The second-order valence-electron chi connectivity index (χ2n) is 4.31. The van der Waals surface area contributed by atoms with Gasteiger partial charge in [-0.15, -0.1) is 0 Å². The average Bonchev–Trinajstić information content (AvgIpc) is 2.60. The van der Waals surface area contributed by atoms with Gasteiger partial charge in [0.25, 0.3) is 0 Å². The number of hydrogen-bond acceptors (Lipinski definition) is 2. The van der Waals surface area contributed by atoms with Crippen LogP contribution in [0.5, 0.6) is 0 Å². The molecule has 1 unspecified atom stereocenters. The Balaban J connectivity index is 2.46. The lowest BCUT2D eigenvalue weighted by atomic mass is 9.99. The van der Waals surface area contributed by atoms with E-state index in [1.165, 1.54) is 12.1 Å². The van der Waals surface area contributed by atoms with Gasteiger partial charge in [-0.3, -0.25) is 4.68 Å². The summed E-state index contributed by atoms with van der Waals surface area (Å²) in [5, 5.41) is 4.25. The van der Waals surface area contributed by atoms with E-state index in [1.807, 2.05) is 27.0 Å². The smallest absolute Gasteiger partial charge is 0.123 e. The molecule has 2 N–H and O–H groups in total. The van der Waals surface area contributed by atoms with Crippen molar-refractivity contribution < 1.29 is 4.39 Å². The van der Waals surface area contributed by atoms with E-state index >= 15 is 0 Å². The van der Waals surface area contributed by atoms with Crippen LogP contribution in [-0.2, 0) is 7.05 Å². The molecule has 0 aliphatic rings. The lowest BCUT2D eigenvalue weighted by Crippen LogP contribution is -2.17. The average molecular weight is 233 g/mol. The first-order chi connectivity index (χ1) is 7.99. The zero-order valence-corrected chi connectivity index (χ0v) is 10.2. The lowest BCUT2D eigenvalue weighted by Gasteiger charge is -2.15. The third-order valence-corrected chi connectivity index (χ3v) is 2.93. The molecule has 0 spiro atoms. The highest BCUT2D eigenvalue weighted by atomic mass is 19.1. The van der Waals surface area contributed by atoms with E-state index in [-0.39, 0.29) is 11.9 Å². The van der Waals surface area contributed by atoms with E-state index in [2.05, 4.69) is 5.10 Å². The Morgan fingerprint density at radius 3 is 2.59 bits per heavy atom. The maximum atomic E-state index is 13.3. The zero-order valence-electron chi connectivity index (χ0n) is 10.2. The van der Waals surface area contributed by atoms with Crippen molar-refractivity contribution in [2.75, 3.05) is 0 Å². The van der Waals surface area contributed by atoms with E-state index in [4.69, 9.17) is 5.73 Å². The van der Waals surface area contributed by atoms with Crippen LogP contribution < -0.4 is 5.73 Å². The van der Waals surface area contributed by atoms with Gasteiger partial charge in [0.15, 0.2) is 0 Å². The molecule has 90 valence electrons. The van der Waals surface area contributed by atoms with Crippen LogP contribution in [0.4, 0.5) is 4.39 Å². The standard InChI is InChI=1S/C13H16FN3/c1-8-4-5-10(14)7-11(8)13(15)12-6-9(2)16-17(12)3/h4-7,13H,15H2,1-3H3. The van der Waals surface area contributed by atoms with Crippen molar-refractivity contribution in [3.05, 3.63) is 52.6 Å². The van der Waals surface area contributed by atoms with Crippen LogP contribution in [0.25, 0.3) is 0 Å². The third kappa shape index (κ3) is 2.22. The topological polar surface area (TPSA) is 43.8 Å². The summed E-state index contributed by atoms with van der Waals surface area (Å²) in [5.74, 6) is -0.264. The summed E-state index contributed by atoms with van der Waals surface area (Å²) in [6.45, 7) is 3.84. The van der Waals surface area contributed by atoms with Crippen LogP contribution in [0.2, 0.25) is 0 Å². The first-order valence-electron chi connectivity index (χ1n) is 5.51. The fourth-order valence-corrected chi connectivity index (χ4v) is 2.03. The highest BCUT2D eigenvalue weighted by Crippen LogP contribution is 2.23. The van der Waals surface area contributed by atoms with Crippen molar-refractivity contribution in [2.45, 2.75) is 19.9 Å². The van der Waals surface area contributed by atoms with Gasteiger partial charge in [-0.1, -0.05) is 6.07 Å². The molecule has 0 amide bonds. The summed E-state index contributed by atoms with van der Waals surface area (Å²) in [5.41, 5.74) is 9.75. The predicted molar refractivity (Wildman–Crippen MR) is 65.1 cm³/mol. The van der Waals surface area contributed by atoms with Crippen LogP contribution in [0.15, 0.2) is 24.3 Å². The molecule has 0 fully saturated rings. The SMILES string of the molecule is Cc1cc(C(N)c2cc(F)ccc2C)n(C)n1. The Labute approximate surface area is 100 Å². The summed E-state index contributed by atoms with van der Waals surface area (Å²) in [4.78, 5) is 0. The Morgan fingerprint density at radius 1 is 1.29 bits per heavy atom. The number of nitrogens with two attached hydrogens (primary N) is 1. The number of benzene rings is 1. The van der Waals surface area contributed by atoms with Crippen molar-refractivity contribution in [3.8, 4) is 0 Å². The molecule has 2 aromatic rings. The molecule has 0 bridgehead atoms. The molecule has 0 saturated heterocycles. The van der Waals surface area contributed by atoms with E-state index in [0.29, 0.717) is 0 Å². The van der Waals surface area contributed by atoms with E-state index in [9.17, 15) is 4.39 Å². The maximum Gasteiger partial charge on any atom is 0.123 e. The molecular weight excluding hydrogens is 217 g/mol. The number of rotatable bonds is 2. The summed E-state index contributed by atoms with van der Waals surface area (Å²) in [6.07, 6.45) is 0. The molecule has 0 radical (unpaired) electrons. The van der Waals surface area contributed by atoms with Crippen LogP contribution in [0, 0.1) is 19.7 Å². The first-order valence-corrected chi connectivity index (χ1v) is 5.51. The number of aromatic nitrogens is 2. The molecule has 1 aromatic heterocycles. The lowest BCUT2D eigenvalue weighted by molar-refractivity contribution is 0.617. The summed E-state index contributed by atoms with van der Waals surface area (Å²) >= 11 is 0.